The second kappa shape index (κ2) is 11.2. The highest BCUT2D eigenvalue weighted by molar-refractivity contribution is 7.25. The molecular formula is C40H36N4S. The van der Waals surface area contributed by atoms with Crippen molar-refractivity contribution < 1.29 is 0 Å². The monoisotopic (exact) mass is 604 g/mol. The Balaban J connectivity index is 1.22. The third kappa shape index (κ3) is 5.12. The van der Waals surface area contributed by atoms with Gasteiger partial charge >= 0.3 is 0 Å². The van der Waals surface area contributed by atoms with E-state index >= 15 is 0 Å². The maximum Gasteiger partial charge on any atom is 0.164 e. The Labute approximate surface area is 268 Å². The maximum absolute atomic E-state index is 9.51. The predicted molar refractivity (Wildman–Crippen MR) is 185 cm³/mol. The molecule has 0 aliphatic heterocycles. The predicted octanol–water partition coefficient (Wildman–Crippen LogP) is 10.6. The van der Waals surface area contributed by atoms with E-state index in [0.717, 1.165) is 45.2 Å². The second-order valence-electron chi connectivity index (χ2n) is 13.5. The van der Waals surface area contributed by atoms with E-state index in [1.807, 2.05) is 36.4 Å². The Kier molecular flexibility index (Phi) is 6.99. The number of thiophene rings is 1. The van der Waals surface area contributed by atoms with Crippen LogP contribution in [0.4, 0.5) is 0 Å². The van der Waals surface area contributed by atoms with Gasteiger partial charge < -0.3 is 0 Å². The fraction of sp³-hybridized carbons (Fsp3) is 0.300. The van der Waals surface area contributed by atoms with Crippen LogP contribution in [0.25, 0.3) is 54.3 Å². The van der Waals surface area contributed by atoms with E-state index in [0.29, 0.717) is 28.5 Å². The number of nitrogens with zero attached hydrogens (tertiary/aromatic N) is 4. The molecule has 0 saturated heterocycles. The molecule has 5 heteroatoms. The molecule has 222 valence electrons. The zero-order valence-electron chi connectivity index (χ0n) is 25.8. The molecule has 0 spiro atoms. The average Bonchev–Trinajstić information content (AvgIpc) is 3.45. The lowest BCUT2D eigenvalue weighted by molar-refractivity contribution is 0.0702. The highest BCUT2D eigenvalue weighted by Crippen LogP contribution is 2.54. The van der Waals surface area contributed by atoms with Crippen LogP contribution in [0.15, 0.2) is 91.0 Å². The van der Waals surface area contributed by atoms with Crippen LogP contribution in [0.1, 0.15) is 63.5 Å². The largest absolute Gasteiger partial charge is 0.208 e. The van der Waals surface area contributed by atoms with Crippen LogP contribution in [0.5, 0.6) is 0 Å². The molecule has 2 aliphatic carbocycles. The summed E-state index contributed by atoms with van der Waals surface area (Å²) >= 11 is 1.74. The van der Waals surface area contributed by atoms with Crippen molar-refractivity contribution in [3.63, 3.8) is 0 Å². The van der Waals surface area contributed by atoms with Crippen LogP contribution in [0, 0.1) is 29.1 Å². The van der Waals surface area contributed by atoms with Crippen molar-refractivity contribution in [1.29, 1.82) is 5.26 Å². The normalized spacial score (nSPS) is 22.8. The fourth-order valence-electron chi connectivity index (χ4n) is 8.47. The van der Waals surface area contributed by atoms with Gasteiger partial charge in [-0.2, -0.15) is 5.26 Å². The first kappa shape index (κ1) is 28.1. The molecule has 0 N–H and O–H groups in total. The van der Waals surface area contributed by atoms with Crippen molar-refractivity contribution in [3.8, 4) is 40.2 Å². The number of benzene rings is 4. The SMILES string of the molecule is CC[C@H]1C[C@H]2C[C@@H](C)CC(c3ccc(-c4nc(-c5ccccc5)nc(-c5ccc6sc7ccc(C#N)cc7c6c5)n4)cc3)(C2)C1. The minimum absolute atomic E-state index is 0.295. The van der Waals surface area contributed by atoms with Crippen LogP contribution in [-0.4, -0.2) is 15.0 Å². The zero-order valence-corrected chi connectivity index (χ0v) is 26.6. The fourth-order valence-corrected chi connectivity index (χ4v) is 9.53. The van der Waals surface area contributed by atoms with E-state index in [1.165, 1.54) is 53.5 Å². The van der Waals surface area contributed by atoms with Crippen molar-refractivity contribution in [3.05, 3.63) is 102 Å². The smallest absolute Gasteiger partial charge is 0.164 e. The Morgan fingerprint density at radius 3 is 2.09 bits per heavy atom. The van der Waals surface area contributed by atoms with E-state index in [9.17, 15) is 5.26 Å². The van der Waals surface area contributed by atoms with Gasteiger partial charge in [0.05, 0.1) is 11.6 Å². The number of fused-ring (bicyclic) bond motifs is 5. The molecule has 45 heavy (non-hydrogen) atoms. The number of hydrogen-bond acceptors (Lipinski definition) is 5. The van der Waals surface area contributed by atoms with Crippen molar-refractivity contribution in [2.24, 2.45) is 17.8 Å². The molecule has 6 aromatic rings. The van der Waals surface area contributed by atoms with Gasteiger partial charge in [0.25, 0.3) is 0 Å². The summed E-state index contributed by atoms with van der Waals surface area (Å²) < 4.78 is 2.35. The van der Waals surface area contributed by atoms with E-state index in [4.69, 9.17) is 15.0 Å². The lowest BCUT2D eigenvalue weighted by Crippen LogP contribution is -2.42. The Morgan fingerprint density at radius 1 is 0.733 bits per heavy atom. The second-order valence-corrected chi connectivity index (χ2v) is 14.6. The van der Waals surface area contributed by atoms with Crippen molar-refractivity contribution >= 4 is 31.5 Å². The summed E-state index contributed by atoms with van der Waals surface area (Å²) in [5.74, 6) is 4.49. The van der Waals surface area contributed by atoms with Crippen LogP contribution >= 0.6 is 11.3 Å². The molecule has 2 aliphatic rings. The summed E-state index contributed by atoms with van der Waals surface area (Å²) in [5.41, 5.74) is 5.37. The molecule has 2 aromatic heterocycles. The Bertz CT molecular complexity index is 2070. The van der Waals surface area contributed by atoms with Crippen LogP contribution in [0.2, 0.25) is 0 Å². The summed E-state index contributed by atoms with van der Waals surface area (Å²) in [7, 11) is 0. The molecule has 4 nitrogen and oxygen atoms in total. The molecule has 2 heterocycles. The van der Waals surface area contributed by atoms with Gasteiger partial charge in [-0.1, -0.05) is 74.9 Å². The average molecular weight is 605 g/mol. The number of aromatic nitrogens is 3. The molecular weight excluding hydrogens is 569 g/mol. The van der Waals surface area contributed by atoms with Crippen LogP contribution in [0.3, 0.4) is 0 Å². The van der Waals surface area contributed by atoms with Crippen molar-refractivity contribution in [2.45, 2.75) is 57.8 Å². The van der Waals surface area contributed by atoms with Crippen LogP contribution in [-0.2, 0) is 5.41 Å². The van der Waals surface area contributed by atoms with Gasteiger partial charge in [-0.3, -0.25) is 0 Å². The van der Waals surface area contributed by atoms with Gasteiger partial charge in [0.1, 0.15) is 0 Å². The minimum atomic E-state index is 0.295. The zero-order chi connectivity index (χ0) is 30.5. The Morgan fingerprint density at radius 2 is 1.38 bits per heavy atom. The molecule has 2 bridgehead atoms. The van der Waals surface area contributed by atoms with E-state index in [-0.39, 0.29) is 0 Å². The van der Waals surface area contributed by atoms with Gasteiger partial charge in [-0.05, 0) is 97.2 Å². The molecule has 2 saturated carbocycles. The van der Waals surface area contributed by atoms with Gasteiger partial charge in [0.15, 0.2) is 17.5 Å². The summed E-state index contributed by atoms with van der Waals surface area (Å²) in [4.78, 5) is 15.1. The summed E-state index contributed by atoms with van der Waals surface area (Å²) in [6.07, 6.45) is 8.02. The van der Waals surface area contributed by atoms with Crippen LogP contribution < -0.4 is 0 Å². The number of hydrogen-bond donors (Lipinski definition) is 0. The Hall–Kier alpha value is -4.40. The standard InChI is InChI=1S/C40H36N4S/c1-3-26-18-28-17-25(2)21-40(22-26,23-28)32-13-10-30(11-14-32)38-42-37(29-7-5-4-6-8-29)43-39(44-38)31-12-16-36-34(20-31)33-19-27(24-41)9-15-35(33)45-36/h4-16,19-20,25-26,28H,3,17-18,21-23H2,1-2H3/t25-,26+,28-,40?/m1/s1. The van der Waals surface area contributed by atoms with Crippen molar-refractivity contribution in [2.75, 3.05) is 0 Å². The maximum atomic E-state index is 9.51. The first-order valence-electron chi connectivity index (χ1n) is 16.3. The van der Waals surface area contributed by atoms with E-state index in [1.54, 1.807) is 11.3 Å². The summed E-state index contributed by atoms with van der Waals surface area (Å²) in [5, 5.41) is 11.7. The highest BCUT2D eigenvalue weighted by atomic mass is 32.1. The molecule has 2 fully saturated rings. The molecule has 8 rings (SSSR count). The van der Waals surface area contributed by atoms with Gasteiger partial charge in [0.2, 0.25) is 0 Å². The molecule has 1 unspecified atom stereocenters. The quantitative estimate of drug-likeness (QED) is 0.196. The first-order chi connectivity index (χ1) is 22.0. The molecule has 4 aromatic carbocycles. The molecule has 0 radical (unpaired) electrons. The van der Waals surface area contributed by atoms with Gasteiger partial charge in [-0.25, -0.2) is 15.0 Å². The van der Waals surface area contributed by atoms with Crippen molar-refractivity contribution in [1.82, 2.24) is 15.0 Å². The first-order valence-corrected chi connectivity index (χ1v) is 17.1. The summed E-state index contributed by atoms with van der Waals surface area (Å²) in [6, 6.07) is 34.0. The van der Waals surface area contributed by atoms with Gasteiger partial charge in [0, 0.05) is 36.9 Å². The lowest BCUT2D eigenvalue weighted by atomic mass is 9.54. The summed E-state index contributed by atoms with van der Waals surface area (Å²) in [6.45, 7) is 4.83. The topological polar surface area (TPSA) is 62.5 Å². The third-order valence-electron chi connectivity index (χ3n) is 10.4. The van der Waals surface area contributed by atoms with E-state index < -0.39 is 0 Å². The van der Waals surface area contributed by atoms with E-state index in [2.05, 4.69) is 74.5 Å². The highest BCUT2D eigenvalue weighted by Gasteiger charge is 2.45. The van der Waals surface area contributed by atoms with Gasteiger partial charge in [-0.15, -0.1) is 11.3 Å². The molecule has 4 atom stereocenters. The molecule has 0 amide bonds. The lowest BCUT2D eigenvalue weighted by Gasteiger charge is -2.51. The number of nitriles is 1. The minimum Gasteiger partial charge on any atom is -0.208 e. The number of rotatable bonds is 5. The third-order valence-corrected chi connectivity index (χ3v) is 11.5.